The lowest BCUT2D eigenvalue weighted by atomic mass is 10.0. The van der Waals surface area contributed by atoms with Gasteiger partial charge in [0.15, 0.2) is 0 Å². The zero-order chi connectivity index (χ0) is 22.0. The van der Waals surface area contributed by atoms with Crippen LogP contribution in [0.2, 0.25) is 10.0 Å². The van der Waals surface area contributed by atoms with Gasteiger partial charge < -0.3 is 15.0 Å². The molecule has 0 radical (unpaired) electrons. The van der Waals surface area contributed by atoms with Crippen LogP contribution in [0.1, 0.15) is 21.5 Å². The van der Waals surface area contributed by atoms with Crippen LogP contribution in [0, 0.1) is 11.3 Å². The second-order valence-electron chi connectivity index (χ2n) is 6.82. The molecular weight excluding hydrogens is 439 g/mol. The van der Waals surface area contributed by atoms with Crippen molar-refractivity contribution in [2.45, 2.75) is 0 Å². The van der Waals surface area contributed by atoms with Crippen LogP contribution in [0.5, 0.6) is 0 Å². The van der Waals surface area contributed by atoms with E-state index in [1.807, 2.05) is 6.07 Å². The van der Waals surface area contributed by atoms with Crippen molar-refractivity contribution in [3.63, 3.8) is 0 Å². The summed E-state index contributed by atoms with van der Waals surface area (Å²) in [4.78, 5) is 31.8. The van der Waals surface area contributed by atoms with E-state index in [2.05, 4.69) is 10.3 Å². The fraction of sp³-hybridized carbons (Fsp3) is 0.182. The number of amidine groups is 1. The van der Waals surface area contributed by atoms with E-state index in [-0.39, 0.29) is 27.7 Å². The Morgan fingerprint density at radius 3 is 2.48 bits per heavy atom. The molecule has 2 heterocycles. The predicted molar refractivity (Wildman–Crippen MR) is 117 cm³/mol. The Bertz CT molecular complexity index is 1180. The zero-order valence-corrected chi connectivity index (χ0v) is 17.7. The van der Waals surface area contributed by atoms with Gasteiger partial charge in [-0.15, -0.1) is 0 Å². The number of nitrogens with one attached hydrogen (secondary N) is 1. The summed E-state index contributed by atoms with van der Waals surface area (Å²) in [6.07, 6.45) is 0. The van der Waals surface area contributed by atoms with Gasteiger partial charge >= 0.3 is 0 Å². The van der Waals surface area contributed by atoms with Gasteiger partial charge in [0.1, 0.15) is 17.5 Å². The molecule has 0 unspecified atom stereocenters. The molecule has 4 rings (SSSR count). The molecule has 7 nitrogen and oxygen atoms in total. The molecule has 0 aliphatic carbocycles. The molecule has 1 fully saturated rings. The number of aliphatic imine (C=N–C) groups is 1. The number of fused-ring (bicyclic) bond motifs is 1. The lowest BCUT2D eigenvalue weighted by Gasteiger charge is -2.26. The molecular formula is C22H16Cl2N4O3. The van der Waals surface area contributed by atoms with Gasteiger partial charge in [-0.1, -0.05) is 47.5 Å². The summed E-state index contributed by atoms with van der Waals surface area (Å²) in [5.41, 5.74) is 1.58. The molecule has 2 amide bonds. The van der Waals surface area contributed by atoms with Gasteiger partial charge in [0.05, 0.1) is 29.5 Å². The predicted octanol–water partition coefficient (Wildman–Crippen LogP) is 3.28. The van der Waals surface area contributed by atoms with Crippen LogP contribution >= 0.6 is 23.2 Å². The molecule has 0 bridgehead atoms. The highest BCUT2D eigenvalue weighted by molar-refractivity contribution is 6.37. The second-order valence-corrected chi connectivity index (χ2v) is 7.67. The third kappa shape index (κ3) is 4.19. The van der Waals surface area contributed by atoms with E-state index < -0.39 is 11.8 Å². The first-order valence-electron chi connectivity index (χ1n) is 9.46. The number of carbonyl (C=O) groups is 2. The Morgan fingerprint density at radius 1 is 1.10 bits per heavy atom. The number of ether oxygens (including phenoxy) is 1. The van der Waals surface area contributed by atoms with Crippen molar-refractivity contribution in [3.8, 4) is 6.07 Å². The molecule has 0 saturated carbocycles. The number of hydrogen-bond acceptors (Lipinski definition) is 5. The molecule has 0 spiro atoms. The Hall–Kier alpha value is -3.18. The van der Waals surface area contributed by atoms with Crippen LogP contribution in [0.25, 0.3) is 5.70 Å². The molecule has 31 heavy (non-hydrogen) atoms. The van der Waals surface area contributed by atoms with Crippen molar-refractivity contribution in [1.82, 2.24) is 10.2 Å². The third-order valence-corrected chi connectivity index (χ3v) is 5.48. The number of carbonyl (C=O) groups excluding carboxylic acids is 2. The Kier molecular flexibility index (Phi) is 6.05. The normalized spacial score (nSPS) is 16.8. The highest BCUT2D eigenvalue weighted by Crippen LogP contribution is 2.31. The van der Waals surface area contributed by atoms with E-state index >= 15 is 0 Å². The maximum atomic E-state index is 13.0. The Balaban J connectivity index is 1.71. The average Bonchev–Trinajstić information content (AvgIpc) is 3.13. The number of halogens is 2. The van der Waals surface area contributed by atoms with Crippen molar-refractivity contribution in [3.05, 3.63) is 74.8 Å². The first-order valence-corrected chi connectivity index (χ1v) is 10.2. The summed E-state index contributed by atoms with van der Waals surface area (Å²) in [5.74, 6) is -0.647. The largest absolute Gasteiger partial charge is 0.378 e. The molecule has 0 aromatic heterocycles. The third-order valence-electron chi connectivity index (χ3n) is 4.93. The van der Waals surface area contributed by atoms with Crippen LogP contribution < -0.4 is 5.32 Å². The number of nitriles is 1. The standard InChI is InChI=1S/C22H16Cl2N4O3/c23-13-5-6-16(18(24)11-13)21(29)27-20-15-4-2-1-3-14(15)19(26-20)17(12-25)22(30)28-7-9-31-10-8-28/h1-6,11H,7-10H2,(H,26,27,29)/b19-17-. The van der Waals surface area contributed by atoms with E-state index in [0.29, 0.717) is 42.5 Å². The van der Waals surface area contributed by atoms with Crippen molar-refractivity contribution in [2.75, 3.05) is 26.3 Å². The Labute approximate surface area is 188 Å². The first-order chi connectivity index (χ1) is 15.0. The van der Waals surface area contributed by atoms with Crippen molar-refractivity contribution < 1.29 is 14.3 Å². The molecule has 2 aromatic carbocycles. The Morgan fingerprint density at radius 2 is 1.81 bits per heavy atom. The summed E-state index contributed by atoms with van der Waals surface area (Å²) < 4.78 is 5.28. The smallest absolute Gasteiger partial charge is 0.266 e. The fourth-order valence-electron chi connectivity index (χ4n) is 3.39. The number of rotatable bonds is 2. The maximum Gasteiger partial charge on any atom is 0.266 e. The maximum absolute atomic E-state index is 13.0. The van der Waals surface area contributed by atoms with E-state index in [1.165, 1.54) is 12.1 Å². The number of amides is 2. The zero-order valence-electron chi connectivity index (χ0n) is 16.2. The fourth-order valence-corrected chi connectivity index (χ4v) is 3.88. The van der Waals surface area contributed by atoms with Crippen LogP contribution in [-0.2, 0) is 9.53 Å². The average molecular weight is 455 g/mol. The van der Waals surface area contributed by atoms with Crippen LogP contribution in [-0.4, -0.2) is 48.9 Å². The van der Waals surface area contributed by atoms with Crippen molar-refractivity contribution >= 4 is 46.5 Å². The van der Waals surface area contributed by atoms with E-state index in [9.17, 15) is 14.9 Å². The summed E-state index contributed by atoms with van der Waals surface area (Å²) >= 11 is 12.0. The van der Waals surface area contributed by atoms with Crippen LogP contribution in [0.15, 0.2) is 53.0 Å². The minimum absolute atomic E-state index is 0.0804. The van der Waals surface area contributed by atoms with Gasteiger partial charge in [-0.25, -0.2) is 4.99 Å². The first kappa shape index (κ1) is 21.1. The van der Waals surface area contributed by atoms with Crippen molar-refractivity contribution in [2.24, 2.45) is 4.99 Å². The van der Waals surface area contributed by atoms with Gasteiger partial charge in [0, 0.05) is 29.2 Å². The number of morpholine rings is 1. The molecule has 156 valence electrons. The van der Waals surface area contributed by atoms with E-state index in [1.54, 1.807) is 35.2 Å². The molecule has 2 aliphatic rings. The summed E-state index contributed by atoms with van der Waals surface area (Å²) in [6, 6.07) is 13.6. The van der Waals surface area contributed by atoms with Gasteiger partial charge in [-0.3, -0.25) is 9.59 Å². The highest BCUT2D eigenvalue weighted by Gasteiger charge is 2.30. The van der Waals surface area contributed by atoms with E-state index in [4.69, 9.17) is 27.9 Å². The van der Waals surface area contributed by atoms with Crippen molar-refractivity contribution in [1.29, 1.82) is 5.26 Å². The van der Waals surface area contributed by atoms with Gasteiger partial charge in [-0.2, -0.15) is 5.26 Å². The number of hydrogen-bond donors (Lipinski definition) is 1. The quantitative estimate of drug-likeness (QED) is 0.556. The minimum Gasteiger partial charge on any atom is -0.378 e. The highest BCUT2D eigenvalue weighted by atomic mass is 35.5. The molecule has 1 saturated heterocycles. The second kappa shape index (κ2) is 8.90. The summed E-state index contributed by atoms with van der Waals surface area (Å²) in [5, 5.41) is 13.1. The SMILES string of the molecule is N#C/C(C(=O)N1CCOCC1)=C1/N=C(NC(=O)c2ccc(Cl)cc2Cl)c2ccccc21. The number of benzene rings is 2. The molecule has 2 aromatic rings. The lowest BCUT2D eigenvalue weighted by molar-refractivity contribution is -0.130. The monoisotopic (exact) mass is 454 g/mol. The molecule has 1 N–H and O–H groups in total. The van der Waals surface area contributed by atoms with Crippen LogP contribution in [0.3, 0.4) is 0 Å². The molecule has 0 atom stereocenters. The topological polar surface area (TPSA) is 94.8 Å². The number of nitrogens with zero attached hydrogens (tertiary/aromatic N) is 3. The minimum atomic E-state index is -0.477. The van der Waals surface area contributed by atoms with E-state index in [0.717, 1.165) is 0 Å². The molecule has 9 heteroatoms. The molecule has 2 aliphatic heterocycles. The summed E-state index contributed by atoms with van der Waals surface area (Å²) in [6.45, 7) is 1.65. The lowest BCUT2D eigenvalue weighted by Crippen LogP contribution is -2.41. The van der Waals surface area contributed by atoms with Gasteiger partial charge in [0.25, 0.3) is 11.8 Å². The summed E-state index contributed by atoms with van der Waals surface area (Å²) in [7, 11) is 0. The van der Waals surface area contributed by atoms with Gasteiger partial charge in [0.2, 0.25) is 0 Å². The van der Waals surface area contributed by atoms with Crippen LogP contribution in [0.4, 0.5) is 0 Å². The van der Waals surface area contributed by atoms with Gasteiger partial charge in [-0.05, 0) is 18.2 Å².